The fourth-order valence-corrected chi connectivity index (χ4v) is 22.9. The van der Waals surface area contributed by atoms with E-state index >= 15 is 0 Å². The summed E-state index contributed by atoms with van der Waals surface area (Å²) < 4.78 is 4.32. The van der Waals surface area contributed by atoms with Crippen LogP contribution in [0, 0.1) is 0 Å². The van der Waals surface area contributed by atoms with Crippen molar-refractivity contribution in [1.82, 2.24) is 0 Å². The van der Waals surface area contributed by atoms with Crippen LogP contribution in [0.5, 0.6) is 0 Å². The molecule has 2 aliphatic carbocycles. The molecule has 0 saturated carbocycles. The Morgan fingerprint density at radius 2 is 0.875 bits per heavy atom. The molecule has 4 aromatic carbocycles. The molecule has 32 heavy (non-hydrogen) atoms. The molecule has 7 rings (SSSR count). The zero-order valence-electron chi connectivity index (χ0n) is 17.9. The molecule has 0 aromatic heterocycles. The molecule has 0 radical (unpaired) electrons. The molecule has 1 aliphatic heterocycles. The van der Waals surface area contributed by atoms with Gasteiger partial charge in [-0.25, -0.2) is 0 Å². The molecule has 2 atom stereocenters. The molecule has 1 fully saturated rings. The summed E-state index contributed by atoms with van der Waals surface area (Å²) in [5.41, 5.74) is 9.29. The normalized spacial score (nSPS) is 21.6. The van der Waals surface area contributed by atoms with E-state index in [1.54, 1.807) is 28.8 Å². The Kier molecular flexibility index (Phi) is 4.18. The van der Waals surface area contributed by atoms with Gasteiger partial charge in [-0.1, -0.05) is 0 Å². The van der Waals surface area contributed by atoms with Crippen LogP contribution in [0.2, 0.25) is 0 Å². The summed E-state index contributed by atoms with van der Waals surface area (Å²) in [5.74, 6) is 0. The van der Waals surface area contributed by atoms with Gasteiger partial charge < -0.3 is 0 Å². The van der Waals surface area contributed by atoms with Crippen molar-refractivity contribution in [3.8, 4) is 0 Å². The predicted molar refractivity (Wildman–Crippen MR) is 131 cm³/mol. The van der Waals surface area contributed by atoms with Crippen molar-refractivity contribution in [2.24, 2.45) is 0 Å². The summed E-state index contributed by atoms with van der Waals surface area (Å²) in [6, 6.07) is 41.6. The molecule has 0 N–H and O–H groups in total. The fraction of sp³-hybridized carbons (Fsp3) is 0.0968. The van der Waals surface area contributed by atoms with Gasteiger partial charge in [-0.2, -0.15) is 0 Å². The van der Waals surface area contributed by atoms with Crippen molar-refractivity contribution in [1.29, 1.82) is 0 Å². The van der Waals surface area contributed by atoms with Gasteiger partial charge >= 0.3 is 195 Å². The minimum absolute atomic E-state index is 0.540. The Labute approximate surface area is 194 Å². The van der Waals surface area contributed by atoms with Gasteiger partial charge in [-0.05, 0) is 0 Å². The van der Waals surface area contributed by atoms with E-state index in [2.05, 4.69) is 121 Å². The number of rotatable bonds is 2. The van der Waals surface area contributed by atoms with E-state index in [4.69, 9.17) is 0 Å². The summed E-state index contributed by atoms with van der Waals surface area (Å²) >= 11 is -3.44. The maximum atomic E-state index is 2.53. The van der Waals surface area contributed by atoms with E-state index in [1.807, 2.05) is 0 Å². The summed E-state index contributed by atoms with van der Waals surface area (Å²) in [6.45, 7) is 0. The third kappa shape index (κ3) is 2.47. The summed E-state index contributed by atoms with van der Waals surface area (Å²) in [5, 5.41) is 0. The van der Waals surface area contributed by atoms with Gasteiger partial charge in [0.05, 0.1) is 0 Å². The summed E-state index contributed by atoms with van der Waals surface area (Å²) in [6.07, 6.45) is 6.16. The van der Waals surface area contributed by atoms with Crippen molar-refractivity contribution < 1.29 is 20.3 Å². The predicted octanol–water partition coefficient (Wildman–Crippen LogP) is 6.47. The molecular formula is C31H24Zr. The van der Waals surface area contributed by atoms with Gasteiger partial charge in [0.2, 0.25) is 0 Å². The van der Waals surface area contributed by atoms with Crippen LogP contribution in [0.25, 0.3) is 12.2 Å². The Morgan fingerprint density at radius 1 is 0.469 bits per heavy atom. The van der Waals surface area contributed by atoms with Gasteiger partial charge in [0.1, 0.15) is 0 Å². The van der Waals surface area contributed by atoms with Crippen LogP contribution >= 0.6 is 0 Å². The molecule has 2 unspecified atom stereocenters. The molecule has 0 nitrogen and oxygen atoms in total. The van der Waals surface area contributed by atoms with Gasteiger partial charge in [-0.3, -0.25) is 0 Å². The van der Waals surface area contributed by atoms with Crippen molar-refractivity contribution in [3.63, 3.8) is 0 Å². The molecule has 0 spiro atoms. The van der Waals surface area contributed by atoms with Crippen LogP contribution in [0.3, 0.4) is 0 Å². The van der Waals surface area contributed by atoms with Crippen LogP contribution in [0.4, 0.5) is 0 Å². The van der Waals surface area contributed by atoms with Crippen molar-refractivity contribution >= 4 is 18.7 Å². The van der Waals surface area contributed by atoms with Crippen molar-refractivity contribution in [3.05, 3.63) is 143 Å². The van der Waals surface area contributed by atoms with Crippen molar-refractivity contribution in [2.75, 3.05) is 0 Å². The van der Waals surface area contributed by atoms with E-state index in [1.165, 1.54) is 11.1 Å². The van der Waals surface area contributed by atoms with Crippen LogP contribution in [-0.2, 0) is 20.3 Å². The minimum atomic E-state index is -3.44. The zero-order valence-corrected chi connectivity index (χ0v) is 20.4. The SMILES string of the molecule is C1=C2CC3=Cc4ccccc4[CH]3[Zr]([c]3ccccc3)([c]3ccccc3)[CH]2c2ccccc21. The average Bonchev–Trinajstić information content (AvgIpc) is 3.42. The molecule has 0 amide bonds. The zero-order chi connectivity index (χ0) is 21.1. The molecule has 1 saturated heterocycles. The van der Waals surface area contributed by atoms with Gasteiger partial charge in [0.15, 0.2) is 0 Å². The Morgan fingerprint density at radius 3 is 1.34 bits per heavy atom. The molecule has 1 heterocycles. The Hall–Kier alpha value is -2.76. The second-order valence-electron chi connectivity index (χ2n) is 9.34. The first-order valence-corrected chi connectivity index (χ1v) is 16.9. The summed E-state index contributed by atoms with van der Waals surface area (Å²) in [7, 11) is 0. The number of hydrogen-bond donors (Lipinski definition) is 0. The van der Waals surface area contributed by atoms with Crippen LogP contribution in [0.15, 0.2) is 120 Å². The molecular weight excluding hydrogens is 464 g/mol. The van der Waals surface area contributed by atoms with E-state index in [0.717, 1.165) is 6.42 Å². The number of fused-ring (bicyclic) bond motifs is 6. The van der Waals surface area contributed by atoms with Crippen LogP contribution in [0.1, 0.15) is 35.9 Å². The Bertz CT molecular complexity index is 1290. The standard InChI is InChI=1S/C19H14.2C6H5.Zr/c1-2-6-17-11-14(10-16(17)5-1)9-15-12-18-7-3-4-8-19(18)13-15;2*1-2-4-6-5-3-1;/h1-8,10-13H,9H2;2*1-5H;. The third-order valence-electron chi connectivity index (χ3n) is 7.86. The van der Waals surface area contributed by atoms with Crippen LogP contribution in [-0.4, -0.2) is 0 Å². The second kappa shape index (κ2) is 7.12. The average molecular weight is 488 g/mol. The third-order valence-corrected chi connectivity index (χ3v) is 22.0. The molecule has 0 bridgehead atoms. The number of benzene rings is 4. The maximum absolute atomic E-state index is 3.44. The van der Waals surface area contributed by atoms with Gasteiger partial charge in [0.25, 0.3) is 0 Å². The van der Waals surface area contributed by atoms with E-state index in [-0.39, 0.29) is 0 Å². The van der Waals surface area contributed by atoms with Crippen molar-refractivity contribution in [2.45, 2.75) is 13.7 Å². The van der Waals surface area contributed by atoms with Crippen LogP contribution < -0.4 is 6.54 Å². The number of hydrogen-bond acceptors (Lipinski definition) is 0. The molecule has 3 aliphatic rings. The topological polar surface area (TPSA) is 0 Å². The first kappa shape index (κ1) is 18.8. The first-order chi connectivity index (χ1) is 15.9. The fourth-order valence-electron chi connectivity index (χ4n) is 6.82. The van der Waals surface area contributed by atoms with E-state index in [0.29, 0.717) is 7.25 Å². The number of allylic oxidation sites excluding steroid dienone is 2. The molecule has 1 heteroatoms. The van der Waals surface area contributed by atoms with E-state index in [9.17, 15) is 0 Å². The molecule has 4 aromatic rings. The first-order valence-electron chi connectivity index (χ1n) is 11.6. The monoisotopic (exact) mass is 486 g/mol. The second-order valence-corrected chi connectivity index (χ2v) is 19.3. The molecule has 152 valence electrons. The Balaban J connectivity index is 1.63. The summed E-state index contributed by atoms with van der Waals surface area (Å²) in [4.78, 5) is 0. The van der Waals surface area contributed by atoms with Gasteiger partial charge in [0, 0.05) is 0 Å². The van der Waals surface area contributed by atoms with E-state index < -0.39 is 20.3 Å². The quantitative estimate of drug-likeness (QED) is 0.304. The van der Waals surface area contributed by atoms with Gasteiger partial charge in [-0.15, -0.1) is 0 Å².